The van der Waals surface area contributed by atoms with E-state index in [0.29, 0.717) is 17.6 Å². The summed E-state index contributed by atoms with van der Waals surface area (Å²) in [5.74, 6) is 1.83. The maximum atomic E-state index is 5.13. The minimum absolute atomic E-state index is 0.573. The van der Waals surface area contributed by atoms with Crippen molar-refractivity contribution in [3.63, 3.8) is 0 Å². The Balaban J connectivity index is 1.48. The monoisotopic (exact) mass is 556 g/mol. The third-order valence-corrected chi connectivity index (χ3v) is 9.00. The number of aromatic nitrogens is 6. The molecule has 196 valence electrons. The molecule has 0 bridgehead atoms. The van der Waals surface area contributed by atoms with Crippen LogP contribution in [0.25, 0.3) is 81.6 Å². The van der Waals surface area contributed by atoms with Crippen molar-refractivity contribution in [3.05, 3.63) is 122 Å². The molecule has 0 N–H and O–H groups in total. The Morgan fingerprint density at radius 1 is 0.571 bits per heavy atom. The van der Waals surface area contributed by atoms with Gasteiger partial charge in [-0.3, -0.25) is 4.57 Å². The molecule has 0 fully saturated rings. The second-order valence-electron chi connectivity index (χ2n) is 10.2. The van der Waals surface area contributed by atoms with E-state index in [4.69, 9.17) is 15.0 Å². The largest absolute Gasteiger partial charge is 0.276 e. The summed E-state index contributed by atoms with van der Waals surface area (Å²) in [5.41, 5.74) is 4.85. The molecule has 6 nitrogen and oxygen atoms in total. The van der Waals surface area contributed by atoms with Gasteiger partial charge in [-0.2, -0.15) is 9.97 Å². The molecule has 9 rings (SSSR count). The third kappa shape index (κ3) is 3.41. The van der Waals surface area contributed by atoms with E-state index in [2.05, 4.69) is 57.0 Å². The van der Waals surface area contributed by atoms with E-state index in [1.54, 1.807) is 17.7 Å². The normalized spacial score (nSPS) is 11.8. The van der Waals surface area contributed by atoms with Crippen LogP contribution in [0, 0.1) is 0 Å². The van der Waals surface area contributed by atoms with E-state index in [9.17, 15) is 0 Å². The molecule has 0 radical (unpaired) electrons. The molecule has 42 heavy (non-hydrogen) atoms. The van der Waals surface area contributed by atoms with E-state index >= 15 is 0 Å². The molecule has 9 aromatic rings. The van der Waals surface area contributed by atoms with Gasteiger partial charge < -0.3 is 0 Å². The smallest absolute Gasteiger partial charge is 0.238 e. The highest BCUT2D eigenvalue weighted by Gasteiger charge is 2.22. The summed E-state index contributed by atoms with van der Waals surface area (Å²) < 4.78 is 4.64. The molecule has 4 heterocycles. The van der Waals surface area contributed by atoms with Crippen LogP contribution in [-0.4, -0.2) is 29.5 Å². The molecule has 0 saturated carbocycles. The molecule has 0 aliphatic rings. The van der Waals surface area contributed by atoms with E-state index in [1.165, 1.54) is 20.2 Å². The molecule has 4 aromatic heterocycles. The molecule has 7 heteroatoms. The predicted octanol–water partition coefficient (Wildman–Crippen LogP) is 8.61. The summed E-state index contributed by atoms with van der Waals surface area (Å²) in [6.07, 6.45) is 3.50. The Morgan fingerprint density at radius 2 is 1.26 bits per heavy atom. The highest BCUT2D eigenvalue weighted by Crippen LogP contribution is 2.44. The number of benzene rings is 5. The van der Waals surface area contributed by atoms with Gasteiger partial charge in [-0.15, -0.1) is 11.3 Å². The zero-order valence-electron chi connectivity index (χ0n) is 22.1. The summed E-state index contributed by atoms with van der Waals surface area (Å²) in [5, 5.41) is 5.67. The van der Waals surface area contributed by atoms with E-state index in [-0.39, 0.29) is 0 Å². The average Bonchev–Trinajstić information content (AvgIpc) is 3.61. The van der Waals surface area contributed by atoms with Gasteiger partial charge in [0, 0.05) is 49.0 Å². The van der Waals surface area contributed by atoms with Gasteiger partial charge in [0.1, 0.15) is 6.33 Å². The topological polar surface area (TPSA) is 69.4 Å². The first kappa shape index (κ1) is 23.2. The zero-order chi connectivity index (χ0) is 27.6. The first-order valence-electron chi connectivity index (χ1n) is 13.7. The summed E-state index contributed by atoms with van der Waals surface area (Å²) in [7, 11) is 0. The molecule has 0 aliphatic carbocycles. The fourth-order valence-electron chi connectivity index (χ4n) is 5.94. The summed E-state index contributed by atoms with van der Waals surface area (Å²) in [6.45, 7) is 0. The lowest BCUT2D eigenvalue weighted by molar-refractivity contribution is 0.955. The standard InChI is InChI=1S/C35H20N6S/c1-3-9-21(10-4-1)33-38-34(22-11-5-2-6-12-22)40-35(39-33)41-28-18-17-27-26(19-36-20-37-27)30(28)25-16-15-24-23-13-7-8-14-29(23)42-32(24)31(25)41/h1-20H. The lowest BCUT2D eigenvalue weighted by Gasteiger charge is -2.11. The van der Waals surface area contributed by atoms with Crippen molar-refractivity contribution in [3.8, 4) is 28.7 Å². The molecule has 0 atom stereocenters. The van der Waals surface area contributed by atoms with E-state index in [1.807, 2.05) is 72.9 Å². The first-order chi connectivity index (χ1) is 20.8. The Kier molecular flexibility index (Phi) is 4.97. The second kappa shape index (κ2) is 8.99. The summed E-state index contributed by atoms with van der Waals surface area (Å²) in [6, 6.07) is 37.4. The second-order valence-corrected chi connectivity index (χ2v) is 11.3. The fourth-order valence-corrected chi connectivity index (χ4v) is 7.18. The van der Waals surface area contributed by atoms with Gasteiger partial charge in [0.05, 0.1) is 21.3 Å². The first-order valence-corrected chi connectivity index (χ1v) is 14.5. The molecule has 0 amide bonds. The van der Waals surface area contributed by atoms with Gasteiger partial charge in [-0.1, -0.05) is 91.0 Å². The zero-order valence-corrected chi connectivity index (χ0v) is 23.0. The van der Waals surface area contributed by atoms with Crippen molar-refractivity contribution in [1.29, 1.82) is 0 Å². The Labute approximate surface area is 243 Å². The van der Waals surface area contributed by atoms with Gasteiger partial charge in [0.15, 0.2) is 11.6 Å². The Morgan fingerprint density at radius 3 is 2.02 bits per heavy atom. The highest BCUT2D eigenvalue weighted by atomic mass is 32.1. The quantitative estimate of drug-likeness (QED) is 0.218. The molecule has 5 aromatic carbocycles. The van der Waals surface area contributed by atoms with Crippen molar-refractivity contribution < 1.29 is 0 Å². The SMILES string of the molecule is c1ccc(-c2nc(-c3ccccc3)nc(-n3c4ccc5ncncc5c4c4ccc5c6ccccc6sc5c43)n2)cc1. The molecule has 0 aliphatic heterocycles. The number of rotatable bonds is 3. The third-order valence-electron chi connectivity index (χ3n) is 7.81. The minimum atomic E-state index is 0.573. The van der Waals surface area contributed by atoms with Crippen molar-refractivity contribution in [1.82, 2.24) is 29.5 Å². The number of hydrogen-bond donors (Lipinski definition) is 0. The number of nitrogens with zero attached hydrogens (tertiary/aromatic N) is 6. The van der Waals surface area contributed by atoms with Crippen LogP contribution in [0.3, 0.4) is 0 Å². The number of fused-ring (bicyclic) bond motifs is 9. The van der Waals surface area contributed by atoms with Crippen LogP contribution in [-0.2, 0) is 0 Å². The van der Waals surface area contributed by atoms with Crippen LogP contribution in [0.4, 0.5) is 0 Å². The van der Waals surface area contributed by atoms with Gasteiger partial charge >= 0.3 is 0 Å². The van der Waals surface area contributed by atoms with Crippen LogP contribution >= 0.6 is 11.3 Å². The lowest BCUT2D eigenvalue weighted by Crippen LogP contribution is -2.06. The molecule has 0 unspecified atom stereocenters. The average molecular weight is 557 g/mol. The number of hydrogen-bond acceptors (Lipinski definition) is 6. The molecule has 0 saturated heterocycles. The lowest BCUT2D eigenvalue weighted by atomic mass is 10.1. The van der Waals surface area contributed by atoms with Crippen LogP contribution in [0.1, 0.15) is 0 Å². The van der Waals surface area contributed by atoms with Gasteiger partial charge in [-0.25, -0.2) is 15.0 Å². The Bertz CT molecular complexity index is 2410. The minimum Gasteiger partial charge on any atom is -0.276 e. The van der Waals surface area contributed by atoms with Gasteiger partial charge in [0.2, 0.25) is 5.95 Å². The van der Waals surface area contributed by atoms with Crippen molar-refractivity contribution in [2.24, 2.45) is 0 Å². The number of thiophene rings is 1. The van der Waals surface area contributed by atoms with Crippen molar-refractivity contribution >= 4 is 64.2 Å². The van der Waals surface area contributed by atoms with Crippen LogP contribution in [0.15, 0.2) is 122 Å². The van der Waals surface area contributed by atoms with Gasteiger partial charge in [-0.05, 0) is 18.2 Å². The Hall–Kier alpha value is -5.53. The van der Waals surface area contributed by atoms with E-state index < -0.39 is 0 Å². The molecule has 0 spiro atoms. The molecular weight excluding hydrogens is 536 g/mol. The molecular formula is C35H20N6S. The predicted molar refractivity (Wildman–Crippen MR) is 171 cm³/mol. The van der Waals surface area contributed by atoms with Gasteiger partial charge in [0.25, 0.3) is 0 Å². The van der Waals surface area contributed by atoms with Crippen molar-refractivity contribution in [2.45, 2.75) is 0 Å². The summed E-state index contributed by atoms with van der Waals surface area (Å²) in [4.78, 5) is 24.2. The van der Waals surface area contributed by atoms with Crippen LogP contribution in [0.5, 0.6) is 0 Å². The highest BCUT2D eigenvalue weighted by molar-refractivity contribution is 7.26. The maximum absolute atomic E-state index is 5.13. The fraction of sp³-hybridized carbons (Fsp3) is 0. The van der Waals surface area contributed by atoms with Crippen LogP contribution < -0.4 is 0 Å². The van der Waals surface area contributed by atoms with Crippen molar-refractivity contribution in [2.75, 3.05) is 0 Å². The van der Waals surface area contributed by atoms with Crippen LogP contribution in [0.2, 0.25) is 0 Å². The maximum Gasteiger partial charge on any atom is 0.238 e. The summed E-state index contributed by atoms with van der Waals surface area (Å²) >= 11 is 1.80. The van der Waals surface area contributed by atoms with E-state index in [0.717, 1.165) is 43.8 Å².